The normalized spacial score (nSPS) is 39.7. The molecule has 3 aliphatic rings. The zero-order chi connectivity index (χ0) is 19.9. The fourth-order valence-electron chi connectivity index (χ4n) is 5.72. The SMILES string of the molecule is C=C(CCCC)OCC1(CC=O)CC[C@@]2(C)CCC3C[C@]2(OC3(C)C)C1=O. The molecule has 2 bridgehead atoms. The standard InChI is InChI=1S/C23H36O4/c1-6-7-8-17(2)26-16-22(13-14-24)12-11-21(5)10-9-18-15-23(21,19(22)25)27-20(18,3)4/h14,18H,2,6-13,15-16H2,1,3-5H3/t18?,21-,22?,23+/m1/s1. The molecule has 2 aliphatic carbocycles. The van der Waals surface area contributed by atoms with Crippen molar-refractivity contribution in [3.63, 3.8) is 0 Å². The Hall–Kier alpha value is -1.16. The van der Waals surface area contributed by atoms with Crippen LogP contribution < -0.4 is 0 Å². The fraction of sp³-hybridized carbons (Fsp3) is 0.826. The summed E-state index contributed by atoms with van der Waals surface area (Å²) >= 11 is 0. The molecule has 1 spiro atoms. The van der Waals surface area contributed by atoms with Gasteiger partial charge in [0.2, 0.25) is 0 Å². The van der Waals surface area contributed by atoms with E-state index < -0.39 is 11.0 Å². The number of hydrogen-bond donors (Lipinski definition) is 0. The van der Waals surface area contributed by atoms with E-state index in [2.05, 4.69) is 34.3 Å². The molecule has 2 unspecified atom stereocenters. The van der Waals surface area contributed by atoms with E-state index in [1.54, 1.807) is 0 Å². The molecule has 3 rings (SSSR count). The summed E-state index contributed by atoms with van der Waals surface area (Å²) < 4.78 is 12.6. The number of fused-ring (bicyclic) bond motifs is 1. The van der Waals surface area contributed by atoms with E-state index in [1.165, 1.54) is 0 Å². The van der Waals surface area contributed by atoms with Crippen LogP contribution in [0.15, 0.2) is 12.3 Å². The Morgan fingerprint density at radius 2 is 2.04 bits per heavy atom. The van der Waals surface area contributed by atoms with Gasteiger partial charge < -0.3 is 14.3 Å². The highest BCUT2D eigenvalue weighted by molar-refractivity contribution is 5.96. The fourth-order valence-corrected chi connectivity index (χ4v) is 5.72. The van der Waals surface area contributed by atoms with Gasteiger partial charge in [0.25, 0.3) is 0 Å². The number of rotatable bonds is 8. The third kappa shape index (κ3) is 3.18. The minimum absolute atomic E-state index is 0.106. The van der Waals surface area contributed by atoms with Crippen LogP contribution in [-0.4, -0.2) is 29.9 Å². The Morgan fingerprint density at radius 3 is 2.70 bits per heavy atom. The van der Waals surface area contributed by atoms with E-state index in [0.29, 0.717) is 12.3 Å². The van der Waals surface area contributed by atoms with Gasteiger partial charge >= 0.3 is 0 Å². The van der Waals surface area contributed by atoms with Crippen molar-refractivity contribution in [1.82, 2.24) is 0 Å². The first kappa shape index (κ1) is 20.6. The molecule has 0 aromatic rings. The van der Waals surface area contributed by atoms with Crippen molar-refractivity contribution in [3.05, 3.63) is 12.3 Å². The zero-order valence-electron chi connectivity index (χ0n) is 17.6. The second-order valence-corrected chi connectivity index (χ2v) is 9.94. The van der Waals surface area contributed by atoms with Gasteiger partial charge in [-0.2, -0.15) is 0 Å². The number of aldehydes is 1. The maximum atomic E-state index is 14.0. The predicted molar refractivity (Wildman–Crippen MR) is 105 cm³/mol. The van der Waals surface area contributed by atoms with Crippen LogP contribution in [0.5, 0.6) is 0 Å². The van der Waals surface area contributed by atoms with Gasteiger partial charge in [0, 0.05) is 18.3 Å². The van der Waals surface area contributed by atoms with Crippen molar-refractivity contribution >= 4 is 12.1 Å². The first-order chi connectivity index (χ1) is 12.6. The van der Waals surface area contributed by atoms with Crippen LogP contribution in [0.4, 0.5) is 0 Å². The van der Waals surface area contributed by atoms with Crippen molar-refractivity contribution < 1.29 is 19.1 Å². The summed E-state index contributed by atoms with van der Waals surface area (Å²) in [5.74, 6) is 1.23. The van der Waals surface area contributed by atoms with Crippen molar-refractivity contribution in [2.45, 2.75) is 96.7 Å². The van der Waals surface area contributed by atoms with Gasteiger partial charge in [-0.3, -0.25) is 4.79 Å². The minimum Gasteiger partial charge on any atom is -0.497 e. The highest BCUT2D eigenvalue weighted by Gasteiger charge is 2.71. The molecule has 152 valence electrons. The number of Topliss-reactive ketones (excluding diaryl/α,β-unsaturated/α-hetero) is 1. The van der Waals surface area contributed by atoms with E-state index in [0.717, 1.165) is 57.0 Å². The van der Waals surface area contributed by atoms with Crippen LogP contribution in [-0.2, 0) is 19.1 Å². The quantitative estimate of drug-likeness (QED) is 0.442. The summed E-state index contributed by atoms with van der Waals surface area (Å²) in [6, 6.07) is 0. The van der Waals surface area contributed by atoms with Crippen LogP contribution in [0.3, 0.4) is 0 Å². The molecule has 0 aromatic carbocycles. The van der Waals surface area contributed by atoms with Crippen LogP contribution in [0.2, 0.25) is 0 Å². The van der Waals surface area contributed by atoms with Crippen molar-refractivity contribution in [3.8, 4) is 0 Å². The summed E-state index contributed by atoms with van der Waals surface area (Å²) in [7, 11) is 0. The van der Waals surface area contributed by atoms with Crippen molar-refractivity contribution in [2.75, 3.05) is 6.61 Å². The maximum Gasteiger partial charge on any atom is 0.175 e. The van der Waals surface area contributed by atoms with Gasteiger partial charge in [0.1, 0.15) is 18.5 Å². The molecule has 4 nitrogen and oxygen atoms in total. The minimum atomic E-state index is -0.779. The molecule has 27 heavy (non-hydrogen) atoms. The van der Waals surface area contributed by atoms with Crippen molar-refractivity contribution in [2.24, 2.45) is 16.7 Å². The van der Waals surface area contributed by atoms with Gasteiger partial charge in [-0.1, -0.05) is 26.8 Å². The first-order valence-corrected chi connectivity index (χ1v) is 10.6. The topological polar surface area (TPSA) is 52.6 Å². The highest BCUT2D eigenvalue weighted by atomic mass is 16.5. The van der Waals surface area contributed by atoms with E-state index in [4.69, 9.17) is 9.47 Å². The van der Waals surface area contributed by atoms with Gasteiger partial charge in [-0.15, -0.1) is 0 Å². The zero-order valence-corrected chi connectivity index (χ0v) is 17.6. The van der Waals surface area contributed by atoms with Gasteiger partial charge in [-0.25, -0.2) is 0 Å². The molecular weight excluding hydrogens is 340 g/mol. The first-order valence-electron chi connectivity index (χ1n) is 10.6. The Kier molecular flexibility index (Phi) is 5.35. The van der Waals surface area contributed by atoms with E-state index >= 15 is 0 Å². The smallest absolute Gasteiger partial charge is 0.175 e. The van der Waals surface area contributed by atoms with Gasteiger partial charge in [0.05, 0.1) is 16.8 Å². The van der Waals surface area contributed by atoms with Gasteiger partial charge in [-0.05, 0) is 58.3 Å². The molecule has 0 radical (unpaired) electrons. The number of hydrogen-bond acceptors (Lipinski definition) is 4. The molecule has 1 saturated heterocycles. The second-order valence-electron chi connectivity index (χ2n) is 9.94. The summed E-state index contributed by atoms with van der Waals surface area (Å²) in [4.78, 5) is 25.5. The Labute approximate surface area is 164 Å². The number of carbonyl (C=O) groups is 2. The highest BCUT2D eigenvalue weighted by Crippen LogP contribution is 2.65. The number of carbonyl (C=O) groups excluding carboxylic acids is 2. The lowest BCUT2D eigenvalue weighted by molar-refractivity contribution is -0.199. The largest absolute Gasteiger partial charge is 0.497 e. The molecule has 0 amide bonds. The van der Waals surface area contributed by atoms with Crippen LogP contribution in [0, 0.1) is 16.7 Å². The number of ketones is 1. The monoisotopic (exact) mass is 376 g/mol. The van der Waals surface area contributed by atoms with Gasteiger partial charge in [0.15, 0.2) is 5.78 Å². The lowest BCUT2D eigenvalue weighted by Gasteiger charge is -2.55. The average Bonchev–Trinajstić information content (AvgIpc) is 2.86. The molecule has 2 saturated carbocycles. The summed E-state index contributed by atoms with van der Waals surface area (Å²) in [6.45, 7) is 12.8. The van der Waals surface area contributed by atoms with Crippen LogP contribution in [0.25, 0.3) is 0 Å². The third-order valence-electron chi connectivity index (χ3n) is 7.81. The van der Waals surface area contributed by atoms with Crippen LogP contribution in [0.1, 0.15) is 85.5 Å². The van der Waals surface area contributed by atoms with E-state index in [9.17, 15) is 9.59 Å². The maximum absolute atomic E-state index is 14.0. The summed E-state index contributed by atoms with van der Waals surface area (Å²) in [6.07, 6.45) is 8.51. The Balaban J connectivity index is 1.88. The molecule has 1 aliphatic heterocycles. The lowest BCUT2D eigenvalue weighted by Crippen LogP contribution is -2.64. The number of allylic oxidation sites excluding steroid dienone is 1. The molecule has 4 atom stereocenters. The predicted octanol–water partition coefficient (Wildman–Crippen LogP) is 5.00. The third-order valence-corrected chi connectivity index (χ3v) is 7.81. The van der Waals surface area contributed by atoms with Crippen molar-refractivity contribution in [1.29, 1.82) is 0 Å². The number of ether oxygens (including phenoxy) is 2. The number of unbranched alkanes of at least 4 members (excludes halogenated alkanes) is 1. The Bertz CT molecular complexity index is 624. The summed E-state index contributed by atoms with van der Waals surface area (Å²) in [5, 5.41) is 0. The van der Waals surface area contributed by atoms with E-state index in [1.807, 2.05) is 0 Å². The molecule has 1 heterocycles. The van der Waals surface area contributed by atoms with E-state index in [-0.39, 0.29) is 29.8 Å². The molecule has 0 aromatic heterocycles. The Morgan fingerprint density at radius 1 is 1.30 bits per heavy atom. The second kappa shape index (κ2) is 7.02. The summed E-state index contributed by atoms with van der Waals surface area (Å²) in [5.41, 5.74) is -1.98. The molecule has 3 fully saturated rings. The van der Waals surface area contributed by atoms with Crippen LogP contribution >= 0.6 is 0 Å². The molecule has 0 N–H and O–H groups in total. The lowest BCUT2D eigenvalue weighted by atomic mass is 9.49. The molecule has 4 heteroatoms. The average molecular weight is 377 g/mol. The molecular formula is C23H36O4.